The molecular formula is C9H12F3O3P. The van der Waals surface area contributed by atoms with Gasteiger partial charge in [-0.25, -0.2) is 0 Å². The van der Waals surface area contributed by atoms with Gasteiger partial charge >= 0.3 is 14.4 Å². The Balaban J connectivity index is 2.15. The summed E-state index contributed by atoms with van der Waals surface area (Å²) in [4.78, 5) is 0. The minimum atomic E-state index is -4.48. The lowest BCUT2D eigenvalue weighted by molar-refractivity contribution is -0.154. The van der Waals surface area contributed by atoms with Crippen LogP contribution >= 0.6 is 8.25 Å². The normalized spacial score (nSPS) is 22.3. The quantitative estimate of drug-likeness (QED) is 0.709. The molecule has 0 aliphatic heterocycles. The van der Waals surface area contributed by atoms with Gasteiger partial charge in [0.25, 0.3) is 0 Å². The van der Waals surface area contributed by atoms with Crippen LogP contribution in [0.2, 0.25) is 0 Å². The summed E-state index contributed by atoms with van der Waals surface area (Å²) in [6.07, 6.45) is 3.67. The molecule has 0 bridgehead atoms. The number of rotatable bonds is 5. The zero-order chi connectivity index (χ0) is 12.0. The fourth-order valence-corrected chi connectivity index (χ4v) is 1.83. The maximum atomic E-state index is 11.7. The lowest BCUT2D eigenvalue weighted by Crippen LogP contribution is -2.15. The van der Waals surface area contributed by atoms with Crippen LogP contribution in [0.15, 0.2) is 24.3 Å². The Labute approximate surface area is 91.9 Å². The Kier molecular flexibility index (Phi) is 5.25. The molecule has 0 spiro atoms. The van der Waals surface area contributed by atoms with Crippen LogP contribution < -0.4 is 0 Å². The monoisotopic (exact) mass is 256 g/mol. The van der Waals surface area contributed by atoms with E-state index in [-0.39, 0.29) is 12.5 Å². The number of allylic oxidation sites excluding steroid dienone is 3. The molecule has 0 saturated carbocycles. The highest BCUT2D eigenvalue weighted by atomic mass is 31.1. The van der Waals surface area contributed by atoms with Gasteiger partial charge in [-0.1, -0.05) is 24.3 Å². The largest absolute Gasteiger partial charge is 0.412 e. The third kappa shape index (κ3) is 6.10. The second-order valence-electron chi connectivity index (χ2n) is 3.27. The van der Waals surface area contributed by atoms with Crippen LogP contribution in [-0.4, -0.2) is 19.4 Å². The van der Waals surface area contributed by atoms with E-state index in [4.69, 9.17) is 4.52 Å². The zero-order valence-electron chi connectivity index (χ0n) is 8.37. The topological polar surface area (TPSA) is 35.5 Å². The molecule has 1 aliphatic carbocycles. The molecule has 16 heavy (non-hydrogen) atoms. The Bertz CT molecular complexity index is 299. The van der Waals surface area contributed by atoms with Gasteiger partial charge in [0.05, 0.1) is 6.61 Å². The molecule has 0 aromatic rings. The maximum Gasteiger partial charge on any atom is 0.412 e. The highest BCUT2D eigenvalue weighted by molar-refractivity contribution is 7.33. The van der Waals surface area contributed by atoms with Crippen molar-refractivity contribution in [2.45, 2.75) is 12.6 Å². The maximum absolute atomic E-state index is 11.7. The Morgan fingerprint density at radius 1 is 1.31 bits per heavy atom. The molecule has 0 aromatic heterocycles. The van der Waals surface area contributed by atoms with E-state index >= 15 is 0 Å². The van der Waals surface area contributed by atoms with E-state index < -0.39 is 21.0 Å². The van der Waals surface area contributed by atoms with Crippen LogP contribution in [0.4, 0.5) is 13.2 Å². The minimum Gasteiger partial charge on any atom is -0.310 e. The number of alkyl halides is 3. The molecule has 7 heteroatoms. The molecule has 2 unspecified atom stereocenters. The van der Waals surface area contributed by atoms with Gasteiger partial charge in [0.1, 0.15) is 0 Å². The molecule has 0 aromatic carbocycles. The predicted octanol–water partition coefficient (Wildman–Crippen LogP) is 3.10. The lowest BCUT2D eigenvalue weighted by atomic mass is 10.0. The lowest BCUT2D eigenvalue weighted by Gasteiger charge is -2.13. The van der Waals surface area contributed by atoms with Crippen molar-refractivity contribution >= 4 is 8.25 Å². The van der Waals surface area contributed by atoms with Gasteiger partial charge in [-0.05, 0) is 6.42 Å². The summed E-state index contributed by atoms with van der Waals surface area (Å²) >= 11 is 0. The molecule has 0 saturated heterocycles. The van der Waals surface area contributed by atoms with Crippen LogP contribution in [0.5, 0.6) is 0 Å². The van der Waals surface area contributed by atoms with Crippen molar-refractivity contribution in [1.29, 1.82) is 0 Å². The van der Waals surface area contributed by atoms with Gasteiger partial charge in [0, 0.05) is 5.92 Å². The fourth-order valence-electron chi connectivity index (χ4n) is 1.11. The van der Waals surface area contributed by atoms with Crippen LogP contribution in [0.1, 0.15) is 6.42 Å². The summed E-state index contributed by atoms with van der Waals surface area (Å²) in [6, 6.07) is 0. The molecule has 1 rings (SSSR count). The first-order valence-corrected chi connectivity index (χ1v) is 5.89. The zero-order valence-corrected chi connectivity index (χ0v) is 9.37. The third-order valence-electron chi connectivity index (χ3n) is 1.84. The summed E-state index contributed by atoms with van der Waals surface area (Å²) in [5.74, 6) is 0.0495. The summed E-state index contributed by atoms with van der Waals surface area (Å²) in [5.41, 5.74) is 0. The number of hydrogen-bond donors (Lipinski definition) is 0. The van der Waals surface area contributed by atoms with Crippen molar-refractivity contribution in [3.63, 3.8) is 0 Å². The van der Waals surface area contributed by atoms with Crippen LogP contribution in [0.3, 0.4) is 0 Å². The van der Waals surface area contributed by atoms with E-state index in [1.807, 2.05) is 24.3 Å². The average molecular weight is 256 g/mol. The SMILES string of the molecule is O=[PH](OCC1C=CC=CC1)OCC(F)(F)F. The molecule has 0 fully saturated rings. The van der Waals surface area contributed by atoms with E-state index in [1.165, 1.54) is 0 Å². The molecule has 0 heterocycles. The average Bonchev–Trinajstić information content (AvgIpc) is 2.24. The van der Waals surface area contributed by atoms with E-state index in [2.05, 4.69) is 4.52 Å². The van der Waals surface area contributed by atoms with Gasteiger partial charge in [-0.3, -0.25) is 4.57 Å². The van der Waals surface area contributed by atoms with Crippen LogP contribution in [-0.2, 0) is 13.6 Å². The first kappa shape index (κ1) is 13.5. The Morgan fingerprint density at radius 3 is 2.62 bits per heavy atom. The highest BCUT2D eigenvalue weighted by Crippen LogP contribution is 2.29. The van der Waals surface area contributed by atoms with Gasteiger partial charge in [-0.15, -0.1) is 0 Å². The van der Waals surface area contributed by atoms with Crippen LogP contribution in [0, 0.1) is 5.92 Å². The van der Waals surface area contributed by atoms with Crippen molar-refractivity contribution in [2.75, 3.05) is 13.2 Å². The Morgan fingerprint density at radius 2 is 2.06 bits per heavy atom. The first-order chi connectivity index (χ1) is 7.47. The van der Waals surface area contributed by atoms with E-state index in [9.17, 15) is 17.7 Å². The number of hydrogen-bond acceptors (Lipinski definition) is 3. The summed E-state index contributed by atoms with van der Waals surface area (Å²) in [6.45, 7) is -1.43. The van der Waals surface area contributed by atoms with Crippen molar-refractivity contribution in [3.05, 3.63) is 24.3 Å². The fraction of sp³-hybridized carbons (Fsp3) is 0.556. The van der Waals surface area contributed by atoms with Crippen molar-refractivity contribution in [3.8, 4) is 0 Å². The van der Waals surface area contributed by atoms with E-state index in [0.29, 0.717) is 0 Å². The summed E-state index contributed by atoms with van der Waals surface area (Å²) < 4.78 is 54.8. The second-order valence-corrected chi connectivity index (χ2v) is 4.35. The van der Waals surface area contributed by atoms with Crippen molar-refractivity contribution in [2.24, 2.45) is 5.92 Å². The third-order valence-corrected chi connectivity index (χ3v) is 2.62. The molecule has 1 aliphatic rings. The minimum absolute atomic E-state index is 0.0495. The molecule has 0 amide bonds. The first-order valence-electron chi connectivity index (χ1n) is 4.67. The second kappa shape index (κ2) is 6.23. The standard InChI is InChI=1S/C9H12F3O3P/c10-9(11,12)7-15-16(13)14-6-8-4-2-1-3-5-8/h1-4,8,16H,5-7H2. The molecule has 0 radical (unpaired) electrons. The van der Waals surface area contributed by atoms with Gasteiger partial charge < -0.3 is 9.05 Å². The van der Waals surface area contributed by atoms with Crippen molar-refractivity contribution < 1.29 is 26.8 Å². The van der Waals surface area contributed by atoms with Crippen LogP contribution in [0.25, 0.3) is 0 Å². The van der Waals surface area contributed by atoms with Gasteiger partial charge in [0.2, 0.25) is 0 Å². The smallest absolute Gasteiger partial charge is 0.310 e. The van der Waals surface area contributed by atoms with Gasteiger partial charge in [-0.2, -0.15) is 13.2 Å². The van der Waals surface area contributed by atoms with E-state index in [1.54, 1.807) is 0 Å². The van der Waals surface area contributed by atoms with Crippen molar-refractivity contribution in [1.82, 2.24) is 0 Å². The number of halogens is 3. The molecule has 92 valence electrons. The molecule has 2 atom stereocenters. The predicted molar refractivity (Wildman–Crippen MR) is 53.3 cm³/mol. The Hall–Kier alpha value is -0.580. The highest BCUT2D eigenvalue weighted by Gasteiger charge is 2.28. The summed E-state index contributed by atoms with van der Waals surface area (Å²) in [7, 11) is -3.05. The van der Waals surface area contributed by atoms with Gasteiger partial charge in [0.15, 0.2) is 6.61 Å². The molecule has 0 N–H and O–H groups in total. The molecular weight excluding hydrogens is 244 g/mol. The molecule has 3 nitrogen and oxygen atoms in total. The van der Waals surface area contributed by atoms with E-state index in [0.717, 1.165) is 6.42 Å². The summed E-state index contributed by atoms with van der Waals surface area (Å²) in [5, 5.41) is 0.